The number of ether oxygens (including phenoxy) is 2. The SMILES string of the molecule is CC/C=C\C/C=C\C/C=C\C/C=C\C/C=C\C/C=C\C/C=C\C/C=C\CCCCCCC(=O)OC(COC(=O)CCCCCCCCCCCCCCCCCCCCCCCCCCCCCCCCCCCCCCCCC)COP(=O)(O)OCC[N+](C)(C)C. The van der Waals surface area contributed by atoms with Gasteiger partial charge in [-0.25, -0.2) is 4.57 Å². The third-order valence-electron chi connectivity index (χ3n) is 17.1. The van der Waals surface area contributed by atoms with Crippen LogP contribution >= 0.6 is 7.82 Å². The fourth-order valence-electron chi connectivity index (χ4n) is 11.2. The maximum atomic E-state index is 12.9. The summed E-state index contributed by atoms with van der Waals surface area (Å²) >= 11 is 0. The van der Waals surface area contributed by atoms with E-state index >= 15 is 0 Å². The number of phosphoric ester groups is 1. The molecule has 0 amide bonds. The van der Waals surface area contributed by atoms with E-state index in [9.17, 15) is 19.0 Å². The van der Waals surface area contributed by atoms with Crippen LogP contribution in [0.25, 0.3) is 0 Å². The van der Waals surface area contributed by atoms with Gasteiger partial charge in [-0.15, -0.1) is 0 Å². The molecule has 0 heterocycles. The molecule has 0 aliphatic heterocycles. The van der Waals surface area contributed by atoms with E-state index in [4.69, 9.17) is 18.5 Å². The number of rotatable bonds is 72. The maximum Gasteiger partial charge on any atom is 0.472 e. The Labute approximate surface area is 570 Å². The molecule has 0 aliphatic carbocycles. The average Bonchev–Trinajstić information content (AvgIpc) is 2.14. The van der Waals surface area contributed by atoms with Gasteiger partial charge in [0.1, 0.15) is 19.8 Å². The van der Waals surface area contributed by atoms with Gasteiger partial charge in [-0.1, -0.05) is 368 Å². The third-order valence-corrected chi connectivity index (χ3v) is 18.1. The van der Waals surface area contributed by atoms with Gasteiger partial charge in [-0.05, 0) is 77.0 Å². The minimum absolute atomic E-state index is 0.0229. The van der Waals surface area contributed by atoms with E-state index in [1.54, 1.807) is 0 Å². The number of hydrogen-bond donors (Lipinski definition) is 1. The van der Waals surface area contributed by atoms with Crippen LogP contribution in [0, 0.1) is 0 Å². The highest BCUT2D eigenvalue weighted by Gasteiger charge is 2.27. The number of quaternary nitrogens is 1. The van der Waals surface area contributed by atoms with Gasteiger partial charge < -0.3 is 18.9 Å². The van der Waals surface area contributed by atoms with Gasteiger partial charge in [0.2, 0.25) is 0 Å². The Morgan fingerprint density at radius 3 is 0.924 bits per heavy atom. The Bertz CT molecular complexity index is 1880. The van der Waals surface area contributed by atoms with Crippen LogP contribution in [0.1, 0.15) is 361 Å². The van der Waals surface area contributed by atoms with Crippen LogP contribution in [0.5, 0.6) is 0 Å². The lowest BCUT2D eigenvalue weighted by Gasteiger charge is -2.24. The van der Waals surface area contributed by atoms with E-state index in [0.717, 1.165) is 96.3 Å². The van der Waals surface area contributed by atoms with Gasteiger partial charge in [0.15, 0.2) is 6.10 Å². The van der Waals surface area contributed by atoms with Crippen molar-refractivity contribution in [2.45, 2.75) is 367 Å². The largest absolute Gasteiger partial charge is 0.472 e. The second kappa shape index (κ2) is 72.2. The van der Waals surface area contributed by atoms with Gasteiger partial charge >= 0.3 is 19.8 Å². The minimum Gasteiger partial charge on any atom is -0.462 e. The predicted octanol–water partition coefficient (Wildman–Crippen LogP) is 25.8. The van der Waals surface area contributed by atoms with Gasteiger partial charge in [0.25, 0.3) is 0 Å². The number of nitrogens with zero attached hydrogens (tertiary/aromatic N) is 1. The van der Waals surface area contributed by atoms with Crippen LogP contribution in [0.15, 0.2) is 97.2 Å². The molecular formula is C82H149NO8P+. The summed E-state index contributed by atoms with van der Waals surface area (Å²) in [5.74, 6) is -0.818. The molecule has 2 unspecified atom stereocenters. The first-order chi connectivity index (χ1) is 45.0. The zero-order valence-electron chi connectivity index (χ0n) is 61.0. The average molecular weight is 1310 g/mol. The molecule has 0 rings (SSSR count). The molecule has 0 aromatic carbocycles. The minimum atomic E-state index is -4.41. The summed E-state index contributed by atoms with van der Waals surface area (Å²) in [6, 6.07) is 0. The number of hydrogen-bond acceptors (Lipinski definition) is 7. The molecule has 0 saturated carbocycles. The summed E-state index contributed by atoms with van der Waals surface area (Å²) in [6.07, 6.45) is 101. The van der Waals surface area contributed by atoms with Crippen molar-refractivity contribution >= 4 is 19.8 Å². The van der Waals surface area contributed by atoms with Crippen molar-refractivity contribution in [3.63, 3.8) is 0 Å². The van der Waals surface area contributed by atoms with Gasteiger partial charge in [0.05, 0.1) is 27.7 Å². The van der Waals surface area contributed by atoms with Crippen molar-refractivity contribution in [1.29, 1.82) is 0 Å². The van der Waals surface area contributed by atoms with Crippen molar-refractivity contribution in [2.24, 2.45) is 0 Å². The number of unbranched alkanes of at least 4 members (excludes halogenated alkanes) is 42. The van der Waals surface area contributed by atoms with Crippen LogP contribution < -0.4 is 0 Å². The van der Waals surface area contributed by atoms with Gasteiger partial charge in [-0.2, -0.15) is 0 Å². The second-order valence-corrected chi connectivity index (χ2v) is 28.8. The zero-order valence-corrected chi connectivity index (χ0v) is 61.9. The van der Waals surface area contributed by atoms with Crippen LogP contribution in [-0.4, -0.2) is 74.9 Å². The molecule has 0 saturated heterocycles. The van der Waals surface area contributed by atoms with Crippen LogP contribution in [0.2, 0.25) is 0 Å². The topological polar surface area (TPSA) is 108 Å². The van der Waals surface area contributed by atoms with E-state index in [2.05, 4.69) is 111 Å². The first-order valence-corrected chi connectivity index (χ1v) is 40.5. The predicted molar refractivity (Wildman–Crippen MR) is 399 cm³/mol. The summed E-state index contributed by atoms with van der Waals surface area (Å²) in [5.41, 5.74) is 0. The smallest absolute Gasteiger partial charge is 0.462 e. The van der Waals surface area contributed by atoms with Gasteiger partial charge in [-0.3, -0.25) is 18.6 Å². The first kappa shape index (κ1) is 88.9. The molecule has 10 heteroatoms. The number of likely N-dealkylation sites (N-methyl/N-ethyl adjacent to an activating group) is 1. The summed E-state index contributed by atoms with van der Waals surface area (Å²) in [5, 5.41) is 0. The first-order valence-electron chi connectivity index (χ1n) is 39.0. The van der Waals surface area contributed by atoms with E-state index < -0.39 is 26.5 Å². The molecule has 0 aromatic rings. The fraction of sp³-hybridized carbons (Fsp3) is 0.780. The summed E-state index contributed by atoms with van der Waals surface area (Å²) in [4.78, 5) is 35.9. The summed E-state index contributed by atoms with van der Waals surface area (Å²) in [7, 11) is 1.46. The monoisotopic (exact) mass is 1310 g/mol. The Morgan fingerprint density at radius 1 is 0.348 bits per heavy atom. The lowest BCUT2D eigenvalue weighted by atomic mass is 10.0. The van der Waals surface area contributed by atoms with Gasteiger partial charge in [0, 0.05) is 12.8 Å². The molecule has 9 nitrogen and oxygen atoms in total. The summed E-state index contributed by atoms with van der Waals surface area (Å²) in [6.45, 7) is 4.33. The molecule has 0 radical (unpaired) electrons. The molecule has 0 spiro atoms. The fourth-order valence-corrected chi connectivity index (χ4v) is 12.0. The Balaban J connectivity index is 3.98. The Kier molecular flexibility index (Phi) is 69.8. The van der Waals surface area contributed by atoms with E-state index in [0.29, 0.717) is 17.4 Å². The number of esters is 2. The van der Waals surface area contributed by atoms with Crippen molar-refractivity contribution in [3.8, 4) is 0 Å². The van der Waals surface area contributed by atoms with Crippen molar-refractivity contribution < 1.29 is 42.1 Å². The molecule has 2 atom stereocenters. The molecule has 92 heavy (non-hydrogen) atoms. The lowest BCUT2D eigenvalue weighted by Crippen LogP contribution is -2.37. The summed E-state index contributed by atoms with van der Waals surface area (Å²) < 4.78 is 34.7. The molecule has 534 valence electrons. The molecule has 0 aliphatic rings. The van der Waals surface area contributed by atoms with Crippen LogP contribution in [0.3, 0.4) is 0 Å². The highest BCUT2D eigenvalue weighted by molar-refractivity contribution is 7.47. The van der Waals surface area contributed by atoms with E-state index in [1.165, 1.54) is 231 Å². The second-order valence-electron chi connectivity index (χ2n) is 27.4. The molecule has 0 fully saturated rings. The number of carbonyl (C=O) groups excluding carboxylic acids is 2. The number of phosphoric acid groups is 1. The zero-order chi connectivity index (χ0) is 66.9. The Hall–Kier alpha value is -3.07. The molecule has 0 bridgehead atoms. The molecule has 0 aromatic heterocycles. The number of allylic oxidation sites excluding steroid dienone is 16. The maximum absolute atomic E-state index is 12.9. The van der Waals surface area contributed by atoms with Crippen molar-refractivity contribution in [2.75, 3.05) is 47.5 Å². The normalized spacial score (nSPS) is 13.6. The third kappa shape index (κ3) is 76.0. The number of carbonyl (C=O) groups is 2. The van der Waals surface area contributed by atoms with Crippen LogP contribution in [0.4, 0.5) is 0 Å². The molecular weight excluding hydrogens is 1160 g/mol. The highest BCUT2D eigenvalue weighted by Crippen LogP contribution is 2.43. The Morgan fingerprint density at radius 2 is 0.620 bits per heavy atom. The quantitative estimate of drug-likeness (QED) is 0.0211. The van der Waals surface area contributed by atoms with E-state index in [-0.39, 0.29) is 32.0 Å². The lowest BCUT2D eigenvalue weighted by molar-refractivity contribution is -0.870. The molecule has 1 N–H and O–H groups in total. The van der Waals surface area contributed by atoms with Crippen molar-refractivity contribution in [3.05, 3.63) is 97.2 Å². The highest BCUT2D eigenvalue weighted by atomic mass is 31.2. The van der Waals surface area contributed by atoms with Crippen molar-refractivity contribution in [1.82, 2.24) is 0 Å². The van der Waals surface area contributed by atoms with Crippen LogP contribution in [-0.2, 0) is 32.7 Å². The van der Waals surface area contributed by atoms with E-state index in [1.807, 2.05) is 21.1 Å². The standard InChI is InChI=1S/C82H148NO8P/c1-6-8-10-12-14-16-18-20-22-24-26-28-30-32-34-36-37-38-39-40-41-42-43-44-45-47-48-50-52-54-56-58-60-62-64-66-68-70-72-74-81(84)88-78-80(79-90-92(86,87)89-77-76-83(3,4)5)91-82(85)75-73-71-69-67-65-63-61-59-57-55-53-51-49-46-35-33-31-29-27-25-23-21-19-17-15-13-11-9-7-2/h9,11,15,17,21,23,27,29,33,35,49,51,55,57,61,63,80H,6-8,10,12-14,16,18-20,22,24-26,28,30-32,34,36-48,50,52-54,56,58-60,62,64-79H2,1-5H3/p+1/b11-9-,17-15-,23-21-,29-27-,35-33-,51-49-,57-55-,63-61-.